The number of hydrogen-bond donors (Lipinski definition) is 1. The second-order valence-electron chi connectivity index (χ2n) is 5.02. The van der Waals surface area contributed by atoms with E-state index in [1.54, 1.807) is 0 Å². The Hall–Kier alpha value is -1.06. The van der Waals surface area contributed by atoms with E-state index in [2.05, 4.69) is 16.9 Å². The molecule has 0 amide bonds. The Kier molecular flexibility index (Phi) is 3.27. The second-order valence-corrected chi connectivity index (χ2v) is 5.45. The number of halogens is 1. The molecule has 2 aromatic rings. The predicted molar refractivity (Wildman–Crippen MR) is 74.9 cm³/mol. The van der Waals surface area contributed by atoms with Gasteiger partial charge in [0.15, 0.2) is 0 Å². The highest BCUT2D eigenvalue weighted by Gasteiger charge is 2.19. The number of hydrogen-bond acceptors (Lipinski definition) is 2. The molecule has 1 aliphatic heterocycles. The highest BCUT2D eigenvalue weighted by Crippen LogP contribution is 2.26. The van der Waals surface area contributed by atoms with Crippen molar-refractivity contribution < 1.29 is 0 Å². The largest absolute Gasteiger partial charge is 0.330 e. The van der Waals surface area contributed by atoms with Crippen LogP contribution in [0.5, 0.6) is 0 Å². The van der Waals surface area contributed by atoms with E-state index in [0.29, 0.717) is 6.04 Å². The van der Waals surface area contributed by atoms with Crippen LogP contribution >= 0.6 is 11.6 Å². The number of nitrogens with zero attached hydrogens (tertiary/aromatic N) is 2. The van der Waals surface area contributed by atoms with E-state index in [4.69, 9.17) is 16.6 Å². The van der Waals surface area contributed by atoms with Crippen molar-refractivity contribution in [3.05, 3.63) is 29.0 Å². The van der Waals surface area contributed by atoms with Gasteiger partial charge in [0.05, 0.1) is 17.1 Å². The van der Waals surface area contributed by atoms with Gasteiger partial charge >= 0.3 is 0 Å². The van der Waals surface area contributed by atoms with E-state index < -0.39 is 0 Å². The molecule has 1 aromatic carbocycles. The van der Waals surface area contributed by atoms with Crippen LogP contribution in [0.4, 0.5) is 0 Å². The molecule has 0 saturated carbocycles. The van der Waals surface area contributed by atoms with Crippen molar-refractivity contribution >= 4 is 22.6 Å². The molecule has 96 valence electrons. The van der Waals surface area contributed by atoms with Crippen molar-refractivity contribution in [1.82, 2.24) is 14.9 Å². The standard InChI is InChI=1S/C14H18ClN3/c1-18-13-9-10(15)6-7-11(13)17-14(18)12-5-3-2-4-8-16-12/h6-7,9,12,16H,2-5,8H2,1H3. The molecule has 0 spiro atoms. The fourth-order valence-electron chi connectivity index (χ4n) is 2.74. The molecule has 1 saturated heterocycles. The summed E-state index contributed by atoms with van der Waals surface area (Å²) >= 11 is 6.06. The fourth-order valence-corrected chi connectivity index (χ4v) is 2.91. The monoisotopic (exact) mass is 263 g/mol. The van der Waals surface area contributed by atoms with Gasteiger partial charge in [-0.1, -0.05) is 24.4 Å². The van der Waals surface area contributed by atoms with Gasteiger partial charge in [0.1, 0.15) is 5.82 Å². The third-order valence-corrected chi connectivity index (χ3v) is 3.98. The average Bonchev–Trinajstić information content (AvgIpc) is 2.59. The Morgan fingerprint density at radius 2 is 2.22 bits per heavy atom. The molecule has 0 bridgehead atoms. The molecule has 3 rings (SSSR count). The normalized spacial score (nSPS) is 21.1. The minimum absolute atomic E-state index is 0.378. The Morgan fingerprint density at radius 3 is 3.11 bits per heavy atom. The molecule has 2 heterocycles. The van der Waals surface area contributed by atoms with Crippen LogP contribution in [0, 0.1) is 0 Å². The molecule has 4 heteroatoms. The highest BCUT2D eigenvalue weighted by molar-refractivity contribution is 6.31. The molecule has 1 fully saturated rings. The van der Waals surface area contributed by atoms with Gasteiger partial charge in [0.25, 0.3) is 0 Å². The van der Waals surface area contributed by atoms with E-state index in [1.807, 2.05) is 18.2 Å². The van der Waals surface area contributed by atoms with Crippen LogP contribution in [0.15, 0.2) is 18.2 Å². The SMILES string of the molecule is Cn1c(C2CCCCCN2)nc2ccc(Cl)cc21. The first-order chi connectivity index (χ1) is 8.75. The Bertz CT molecular complexity index is 553. The summed E-state index contributed by atoms with van der Waals surface area (Å²) in [5.41, 5.74) is 2.14. The van der Waals surface area contributed by atoms with Crippen LogP contribution < -0.4 is 5.32 Å². The molecule has 1 unspecified atom stereocenters. The molecular formula is C14H18ClN3. The molecule has 1 aliphatic rings. The van der Waals surface area contributed by atoms with E-state index >= 15 is 0 Å². The van der Waals surface area contributed by atoms with Crippen molar-refractivity contribution in [3.8, 4) is 0 Å². The minimum Gasteiger partial charge on any atom is -0.330 e. The lowest BCUT2D eigenvalue weighted by atomic mass is 10.1. The third-order valence-electron chi connectivity index (χ3n) is 3.75. The van der Waals surface area contributed by atoms with Gasteiger partial charge in [0, 0.05) is 12.1 Å². The number of nitrogens with one attached hydrogen (secondary N) is 1. The Labute approximate surface area is 112 Å². The summed E-state index contributed by atoms with van der Waals surface area (Å²) in [5, 5.41) is 4.37. The lowest BCUT2D eigenvalue weighted by Gasteiger charge is -2.15. The first-order valence-corrected chi connectivity index (χ1v) is 6.99. The molecule has 0 aliphatic carbocycles. The van der Waals surface area contributed by atoms with Gasteiger partial charge < -0.3 is 9.88 Å². The topological polar surface area (TPSA) is 29.9 Å². The van der Waals surface area contributed by atoms with Gasteiger partial charge in [-0.3, -0.25) is 0 Å². The highest BCUT2D eigenvalue weighted by atomic mass is 35.5. The number of benzene rings is 1. The number of rotatable bonds is 1. The zero-order valence-corrected chi connectivity index (χ0v) is 11.4. The van der Waals surface area contributed by atoms with Crippen LogP contribution in [-0.4, -0.2) is 16.1 Å². The van der Waals surface area contributed by atoms with Crippen molar-refractivity contribution in [1.29, 1.82) is 0 Å². The molecule has 1 aromatic heterocycles. The predicted octanol–water partition coefficient (Wildman–Crippen LogP) is 3.43. The minimum atomic E-state index is 0.378. The summed E-state index contributed by atoms with van der Waals surface area (Å²) in [6.45, 7) is 1.09. The quantitative estimate of drug-likeness (QED) is 0.854. The fraction of sp³-hybridized carbons (Fsp3) is 0.500. The van der Waals surface area contributed by atoms with Crippen LogP contribution in [0.2, 0.25) is 5.02 Å². The summed E-state index contributed by atoms with van der Waals surface area (Å²) < 4.78 is 2.17. The molecule has 0 radical (unpaired) electrons. The summed E-state index contributed by atoms with van der Waals surface area (Å²) in [6.07, 6.45) is 5.04. The van der Waals surface area contributed by atoms with Crippen molar-refractivity contribution in [2.45, 2.75) is 31.7 Å². The van der Waals surface area contributed by atoms with E-state index in [-0.39, 0.29) is 0 Å². The maximum absolute atomic E-state index is 6.06. The first kappa shape index (κ1) is 12.0. The summed E-state index contributed by atoms with van der Waals surface area (Å²) in [7, 11) is 2.08. The van der Waals surface area contributed by atoms with Crippen LogP contribution in [0.3, 0.4) is 0 Å². The lowest BCUT2D eigenvalue weighted by molar-refractivity contribution is 0.496. The second kappa shape index (κ2) is 4.90. The molecule has 3 nitrogen and oxygen atoms in total. The number of aryl methyl sites for hydroxylation is 1. The van der Waals surface area contributed by atoms with Crippen molar-refractivity contribution in [2.24, 2.45) is 7.05 Å². The first-order valence-electron chi connectivity index (χ1n) is 6.61. The van der Waals surface area contributed by atoms with Gasteiger partial charge in [-0.25, -0.2) is 4.98 Å². The third kappa shape index (κ3) is 2.13. The molecule has 1 N–H and O–H groups in total. The van der Waals surface area contributed by atoms with Gasteiger partial charge in [-0.05, 0) is 37.6 Å². The number of imidazole rings is 1. The van der Waals surface area contributed by atoms with Crippen molar-refractivity contribution in [3.63, 3.8) is 0 Å². The smallest absolute Gasteiger partial charge is 0.126 e. The summed E-state index contributed by atoms with van der Waals surface area (Å²) in [6, 6.07) is 6.27. The van der Waals surface area contributed by atoms with Crippen LogP contribution in [-0.2, 0) is 7.05 Å². The lowest BCUT2D eigenvalue weighted by Crippen LogP contribution is -2.23. The maximum Gasteiger partial charge on any atom is 0.126 e. The maximum atomic E-state index is 6.06. The molecule has 1 atom stereocenters. The number of fused-ring (bicyclic) bond motifs is 1. The zero-order valence-electron chi connectivity index (χ0n) is 10.6. The van der Waals surface area contributed by atoms with Gasteiger partial charge in [-0.2, -0.15) is 0 Å². The summed E-state index contributed by atoms with van der Waals surface area (Å²) in [4.78, 5) is 4.76. The zero-order chi connectivity index (χ0) is 12.5. The molecular weight excluding hydrogens is 246 g/mol. The van der Waals surface area contributed by atoms with Gasteiger partial charge in [0.2, 0.25) is 0 Å². The number of aromatic nitrogens is 2. The van der Waals surface area contributed by atoms with E-state index in [9.17, 15) is 0 Å². The molecule has 18 heavy (non-hydrogen) atoms. The van der Waals surface area contributed by atoms with E-state index in [0.717, 1.165) is 28.4 Å². The van der Waals surface area contributed by atoms with Crippen molar-refractivity contribution in [2.75, 3.05) is 6.54 Å². The van der Waals surface area contributed by atoms with E-state index in [1.165, 1.54) is 25.7 Å². The Morgan fingerprint density at radius 1 is 1.33 bits per heavy atom. The summed E-state index contributed by atoms with van der Waals surface area (Å²) in [5.74, 6) is 1.13. The Balaban J connectivity index is 2.03. The van der Waals surface area contributed by atoms with Gasteiger partial charge in [-0.15, -0.1) is 0 Å². The van der Waals surface area contributed by atoms with Crippen LogP contribution in [0.25, 0.3) is 11.0 Å². The average molecular weight is 264 g/mol. The van der Waals surface area contributed by atoms with Crippen LogP contribution in [0.1, 0.15) is 37.5 Å².